The van der Waals surface area contributed by atoms with Crippen molar-refractivity contribution in [3.63, 3.8) is 0 Å². The van der Waals surface area contributed by atoms with Crippen LogP contribution in [0.25, 0.3) is 11.4 Å². The second-order valence-electron chi connectivity index (χ2n) is 7.22. The number of methoxy groups -OCH3 is 1. The lowest BCUT2D eigenvalue weighted by molar-refractivity contribution is 0.0936. The molecule has 7 nitrogen and oxygen atoms in total. The second kappa shape index (κ2) is 8.14. The first-order valence-corrected chi connectivity index (χ1v) is 9.58. The number of amides is 1. The lowest BCUT2D eigenvalue weighted by Gasteiger charge is -2.15. The lowest BCUT2D eigenvalue weighted by atomic mass is 10.0. The Morgan fingerprint density at radius 2 is 2.21 bits per heavy atom. The molecular weight excluding hydrogens is 370 g/mol. The van der Waals surface area contributed by atoms with Crippen LogP contribution in [0.1, 0.15) is 58.4 Å². The Bertz CT molecular complexity index is 1030. The van der Waals surface area contributed by atoms with Crippen LogP contribution in [0.5, 0.6) is 0 Å². The summed E-state index contributed by atoms with van der Waals surface area (Å²) >= 11 is 0. The molecule has 2 N–H and O–H groups in total. The average molecular weight is 393 g/mol. The van der Waals surface area contributed by atoms with Crippen molar-refractivity contribution < 1.29 is 19.2 Å². The van der Waals surface area contributed by atoms with Gasteiger partial charge in [0.05, 0.1) is 12.1 Å². The Hall–Kier alpha value is -3.03. The number of nitrogens with zero attached hydrogens (tertiary/aromatic N) is 2. The quantitative estimate of drug-likeness (QED) is 0.667. The molecule has 2 aromatic carbocycles. The Morgan fingerprint density at radius 1 is 1.34 bits per heavy atom. The number of rotatable bonds is 6. The van der Waals surface area contributed by atoms with Gasteiger partial charge < -0.3 is 19.7 Å². The van der Waals surface area contributed by atoms with Crippen LogP contribution in [0.4, 0.5) is 0 Å². The minimum Gasteiger partial charge on any atom is -0.389 e. The zero-order valence-corrected chi connectivity index (χ0v) is 16.4. The van der Waals surface area contributed by atoms with Gasteiger partial charge in [-0.3, -0.25) is 4.79 Å². The maximum Gasteiger partial charge on any atom is 0.252 e. The maximum atomic E-state index is 12.7. The van der Waals surface area contributed by atoms with Crippen LogP contribution >= 0.6 is 0 Å². The summed E-state index contributed by atoms with van der Waals surface area (Å²) in [6.07, 6.45) is 1.09. The number of carbonyl (C=O) groups is 1. The zero-order valence-electron chi connectivity index (χ0n) is 16.4. The monoisotopic (exact) mass is 393 g/mol. The summed E-state index contributed by atoms with van der Waals surface area (Å²) in [5.74, 6) is 0.826. The Morgan fingerprint density at radius 3 is 3.00 bits per heavy atom. The molecule has 0 fully saturated rings. The molecule has 29 heavy (non-hydrogen) atoms. The molecule has 0 bridgehead atoms. The molecule has 0 radical (unpaired) electrons. The molecule has 4 rings (SSSR count). The highest BCUT2D eigenvalue weighted by Gasteiger charge is 2.25. The van der Waals surface area contributed by atoms with Gasteiger partial charge in [-0.1, -0.05) is 29.4 Å². The van der Waals surface area contributed by atoms with Gasteiger partial charge in [0, 0.05) is 18.2 Å². The van der Waals surface area contributed by atoms with Crippen LogP contribution in [0.15, 0.2) is 47.0 Å². The average Bonchev–Trinajstić information content (AvgIpc) is 3.35. The molecule has 7 heteroatoms. The number of fused-ring (bicyclic) bond motifs is 1. The maximum absolute atomic E-state index is 12.7. The van der Waals surface area contributed by atoms with Crippen molar-refractivity contribution in [1.82, 2.24) is 15.5 Å². The van der Waals surface area contributed by atoms with E-state index in [9.17, 15) is 9.90 Å². The van der Waals surface area contributed by atoms with Gasteiger partial charge in [-0.2, -0.15) is 4.98 Å². The van der Waals surface area contributed by atoms with Crippen molar-refractivity contribution in [2.45, 2.75) is 38.5 Å². The minimum absolute atomic E-state index is 0.0453. The Labute approximate surface area is 168 Å². The van der Waals surface area contributed by atoms with E-state index in [1.807, 2.05) is 18.2 Å². The van der Waals surface area contributed by atoms with Crippen LogP contribution in [0.3, 0.4) is 0 Å². The Kier molecular flexibility index (Phi) is 5.42. The fourth-order valence-electron chi connectivity index (χ4n) is 3.64. The lowest BCUT2D eigenvalue weighted by Crippen LogP contribution is -2.27. The van der Waals surface area contributed by atoms with Crippen molar-refractivity contribution in [3.05, 3.63) is 70.6 Å². The number of ether oxygens (including phenoxy) is 1. The molecular formula is C22H23N3O4. The standard InChI is InChI=1S/C22H23N3O4/c1-13(26)14-4-3-5-17(10-14)22(27)23-19-9-7-15-11-16(6-8-18(15)19)21-24-20(12-28-2)29-25-21/h3-6,8,10-11,13,19,26H,7,9,12H2,1-2H3,(H,23,27)/t13?,19-/m1/s1. The SMILES string of the molecule is COCc1nc(-c2ccc3c(c2)CC[C@H]3NC(=O)c2cccc(C(C)O)c2)no1. The van der Waals surface area contributed by atoms with E-state index in [2.05, 4.69) is 21.5 Å². The number of aliphatic hydroxyl groups is 1. The van der Waals surface area contributed by atoms with Crippen LogP contribution in [-0.4, -0.2) is 28.3 Å². The number of aryl methyl sites for hydroxylation is 1. The summed E-state index contributed by atoms with van der Waals surface area (Å²) in [6.45, 7) is 1.96. The van der Waals surface area contributed by atoms with Gasteiger partial charge in [0.15, 0.2) is 0 Å². The van der Waals surface area contributed by atoms with E-state index >= 15 is 0 Å². The van der Waals surface area contributed by atoms with Gasteiger partial charge in [0.25, 0.3) is 11.8 Å². The van der Waals surface area contributed by atoms with E-state index in [0.29, 0.717) is 17.3 Å². The van der Waals surface area contributed by atoms with Gasteiger partial charge in [-0.05, 0) is 54.7 Å². The fraction of sp³-hybridized carbons (Fsp3) is 0.318. The molecule has 0 aliphatic heterocycles. The predicted octanol–water partition coefficient (Wildman–Crippen LogP) is 3.35. The van der Waals surface area contributed by atoms with Crippen molar-refractivity contribution in [2.75, 3.05) is 7.11 Å². The Balaban J connectivity index is 1.50. The van der Waals surface area contributed by atoms with Gasteiger partial charge >= 0.3 is 0 Å². The van der Waals surface area contributed by atoms with Crippen molar-refractivity contribution >= 4 is 5.91 Å². The molecule has 1 aromatic heterocycles. The van der Waals surface area contributed by atoms with Gasteiger partial charge in [0.1, 0.15) is 6.61 Å². The third kappa shape index (κ3) is 4.06. The molecule has 3 aromatic rings. The normalized spacial score (nSPS) is 16.4. The molecule has 0 saturated heterocycles. The van der Waals surface area contributed by atoms with Crippen LogP contribution in [0, 0.1) is 0 Å². The summed E-state index contributed by atoms with van der Waals surface area (Å²) in [7, 11) is 1.58. The summed E-state index contributed by atoms with van der Waals surface area (Å²) < 4.78 is 10.2. The molecule has 1 aliphatic carbocycles. The summed E-state index contributed by atoms with van der Waals surface area (Å²) in [6, 6.07) is 13.0. The molecule has 150 valence electrons. The highest BCUT2D eigenvalue weighted by atomic mass is 16.5. The van der Waals surface area contributed by atoms with Crippen molar-refractivity contribution in [1.29, 1.82) is 0 Å². The number of aromatic nitrogens is 2. The number of hydrogen-bond donors (Lipinski definition) is 2. The van der Waals surface area contributed by atoms with Crippen LogP contribution in [-0.2, 0) is 17.8 Å². The van der Waals surface area contributed by atoms with Gasteiger partial charge in [-0.25, -0.2) is 0 Å². The molecule has 1 aliphatic rings. The van der Waals surface area contributed by atoms with Crippen LogP contribution < -0.4 is 5.32 Å². The van der Waals surface area contributed by atoms with Crippen molar-refractivity contribution in [3.8, 4) is 11.4 Å². The first kappa shape index (κ1) is 19.3. The molecule has 0 saturated carbocycles. The third-order valence-electron chi connectivity index (χ3n) is 5.15. The number of benzene rings is 2. The summed E-state index contributed by atoms with van der Waals surface area (Å²) in [5, 5.41) is 16.9. The van der Waals surface area contributed by atoms with E-state index in [4.69, 9.17) is 9.26 Å². The molecule has 1 amide bonds. The van der Waals surface area contributed by atoms with E-state index in [1.165, 1.54) is 5.56 Å². The highest BCUT2D eigenvalue weighted by Crippen LogP contribution is 2.34. The van der Waals surface area contributed by atoms with E-state index < -0.39 is 6.10 Å². The molecule has 1 heterocycles. The molecule has 0 spiro atoms. The minimum atomic E-state index is -0.608. The van der Waals surface area contributed by atoms with Crippen LogP contribution in [0.2, 0.25) is 0 Å². The number of carbonyl (C=O) groups excluding carboxylic acids is 1. The second-order valence-corrected chi connectivity index (χ2v) is 7.22. The van der Waals surface area contributed by atoms with Gasteiger partial charge in [0.2, 0.25) is 5.82 Å². The zero-order chi connectivity index (χ0) is 20.4. The highest BCUT2D eigenvalue weighted by molar-refractivity contribution is 5.94. The number of nitrogens with one attached hydrogen (secondary N) is 1. The van der Waals surface area contributed by atoms with Crippen molar-refractivity contribution in [2.24, 2.45) is 0 Å². The predicted molar refractivity (Wildman–Crippen MR) is 106 cm³/mol. The fourth-order valence-corrected chi connectivity index (χ4v) is 3.64. The summed E-state index contributed by atoms with van der Waals surface area (Å²) in [5.41, 5.74) is 4.43. The molecule has 2 atom stereocenters. The first-order chi connectivity index (χ1) is 14.0. The number of hydrogen-bond acceptors (Lipinski definition) is 6. The van der Waals surface area contributed by atoms with E-state index in [0.717, 1.165) is 29.5 Å². The smallest absolute Gasteiger partial charge is 0.252 e. The largest absolute Gasteiger partial charge is 0.389 e. The first-order valence-electron chi connectivity index (χ1n) is 9.58. The van der Waals surface area contributed by atoms with Gasteiger partial charge in [-0.15, -0.1) is 0 Å². The summed E-state index contributed by atoms with van der Waals surface area (Å²) in [4.78, 5) is 17.0. The molecule has 1 unspecified atom stereocenters. The third-order valence-corrected chi connectivity index (χ3v) is 5.15. The van der Waals surface area contributed by atoms with E-state index in [-0.39, 0.29) is 18.6 Å². The van der Waals surface area contributed by atoms with E-state index in [1.54, 1.807) is 32.2 Å². The number of aliphatic hydroxyl groups excluding tert-OH is 1. The topological polar surface area (TPSA) is 97.5 Å².